The van der Waals surface area contributed by atoms with E-state index in [4.69, 9.17) is 4.98 Å². The monoisotopic (exact) mass is 374 g/mol. The third kappa shape index (κ3) is 2.95. The first kappa shape index (κ1) is 17.0. The van der Waals surface area contributed by atoms with Crippen LogP contribution in [-0.2, 0) is 17.8 Å². The topological polar surface area (TPSA) is 48.5 Å². The Morgan fingerprint density at radius 3 is 2.69 bits per heavy atom. The van der Waals surface area contributed by atoms with Gasteiger partial charge in [0.25, 0.3) is 0 Å². The van der Waals surface area contributed by atoms with Crippen LogP contribution >= 0.6 is 11.3 Å². The molecule has 5 rings (SSSR count). The maximum Gasteiger partial charge on any atom is 0.223 e. The molecular formula is C20H30N4OS. The molecule has 0 radical (unpaired) electrons. The van der Waals surface area contributed by atoms with Crippen LogP contribution in [0.4, 0.5) is 5.13 Å². The van der Waals surface area contributed by atoms with E-state index in [9.17, 15) is 4.79 Å². The highest BCUT2D eigenvalue weighted by atomic mass is 32.1. The molecule has 1 aromatic heterocycles. The van der Waals surface area contributed by atoms with Gasteiger partial charge in [0.2, 0.25) is 5.91 Å². The van der Waals surface area contributed by atoms with E-state index in [1.807, 2.05) is 11.3 Å². The van der Waals surface area contributed by atoms with Crippen LogP contribution in [0.15, 0.2) is 0 Å². The number of nitrogens with zero attached hydrogens (tertiary/aromatic N) is 3. The molecule has 1 saturated carbocycles. The molecule has 2 saturated heterocycles. The Kier molecular flexibility index (Phi) is 4.05. The summed E-state index contributed by atoms with van der Waals surface area (Å²) in [4.78, 5) is 23.7. The minimum atomic E-state index is 0.355. The van der Waals surface area contributed by atoms with Crippen molar-refractivity contribution >= 4 is 22.4 Å². The zero-order valence-corrected chi connectivity index (χ0v) is 16.8. The molecule has 142 valence electrons. The van der Waals surface area contributed by atoms with Gasteiger partial charge in [0.15, 0.2) is 5.13 Å². The second-order valence-corrected chi connectivity index (χ2v) is 10.6. The van der Waals surface area contributed by atoms with E-state index in [1.54, 1.807) is 0 Å². The fourth-order valence-electron chi connectivity index (χ4n) is 5.62. The van der Waals surface area contributed by atoms with Gasteiger partial charge in [-0.05, 0) is 37.0 Å². The average molecular weight is 375 g/mol. The van der Waals surface area contributed by atoms with Crippen LogP contribution in [0.5, 0.6) is 0 Å². The number of thiazole rings is 1. The van der Waals surface area contributed by atoms with E-state index in [2.05, 4.69) is 29.0 Å². The third-order valence-corrected chi connectivity index (χ3v) is 7.91. The van der Waals surface area contributed by atoms with Gasteiger partial charge in [-0.25, -0.2) is 4.98 Å². The molecule has 2 bridgehead atoms. The van der Waals surface area contributed by atoms with Crippen molar-refractivity contribution in [1.29, 1.82) is 0 Å². The van der Waals surface area contributed by atoms with Gasteiger partial charge < -0.3 is 15.1 Å². The molecule has 3 fully saturated rings. The lowest BCUT2D eigenvalue weighted by Gasteiger charge is -2.43. The predicted octanol–water partition coefficient (Wildman–Crippen LogP) is 2.79. The summed E-state index contributed by atoms with van der Waals surface area (Å²) in [6.45, 7) is 8.42. The Morgan fingerprint density at radius 1 is 1.27 bits per heavy atom. The summed E-state index contributed by atoms with van der Waals surface area (Å²) in [6.07, 6.45) is 6.64. The Bertz CT molecular complexity index is 691. The van der Waals surface area contributed by atoms with Crippen molar-refractivity contribution in [3.8, 4) is 0 Å². The number of aromatic nitrogens is 1. The molecule has 6 heteroatoms. The number of carbonyl (C=O) groups excluding carboxylic acids is 1. The van der Waals surface area contributed by atoms with Crippen LogP contribution < -0.4 is 10.2 Å². The number of hydrogen-bond acceptors (Lipinski definition) is 5. The summed E-state index contributed by atoms with van der Waals surface area (Å²) in [5.41, 5.74) is 1.70. The number of rotatable bonds is 3. The van der Waals surface area contributed by atoms with Gasteiger partial charge >= 0.3 is 0 Å². The molecule has 2 unspecified atom stereocenters. The summed E-state index contributed by atoms with van der Waals surface area (Å²) in [6, 6.07) is 1.22. The van der Waals surface area contributed by atoms with E-state index in [0.29, 0.717) is 29.3 Å². The number of anilines is 1. The maximum absolute atomic E-state index is 12.7. The van der Waals surface area contributed by atoms with Crippen LogP contribution in [-0.4, -0.2) is 47.5 Å². The lowest BCUT2D eigenvalue weighted by atomic mass is 9.63. The molecule has 26 heavy (non-hydrogen) atoms. The van der Waals surface area contributed by atoms with Crippen molar-refractivity contribution in [2.24, 2.45) is 11.3 Å². The first-order valence-electron chi connectivity index (χ1n) is 10.2. The number of hydrogen-bond donors (Lipinski definition) is 1. The molecule has 1 N–H and O–H groups in total. The Labute approximate surface area is 160 Å². The van der Waals surface area contributed by atoms with Crippen molar-refractivity contribution < 1.29 is 4.79 Å². The average Bonchev–Trinajstić information content (AvgIpc) is 3.09. The molecule has 1 aromatic rings. The highest BCUT2D eigenvalue weighted by Crippen LogP contribution is 2.46. The Morgan fingerprint density at radius 2 is 2.00 bits per heavy atom. The van der Waals surface area contributed by atoms with Gasteiger partial charge in [-0.3, -0.25) is 4.79 Å². The van der Waals surface area contributed by atoms with Crippen LogP contribution in [0, 0.1) is 11.3 Å². The van der Waals surface area contributed by atoms with Crippen molar-refractivity contribution in [3.63, 3.8) is 0 Å². The third-order valence-electron chi connectivity index (χ3n) is 6.82. The molecule has 2 atom stereocenters. The SMILES string of the molecule is CC1(C)CC(CC(=O)N2CCc3nc(N4C5CCC4CNC5)sc3C2)C1. The minimum absolute atomic E-state index is 0.355. The molecule has 0 spiro atoms. The van der Waals surface area contributed by atoms with Gasteiger partial charge in [-0.1, -0.05) is 25.2 Å². The normalized spacial score (nSPS) is 30.2. The molecule has 4 heterocycles. The van der Waals surface area contributed by atoms with E-state index in [1.165, 1.54) is 41.4 Å². The number of piperazine rings is 1. The summed E-state index contributed by atoms with van der Waals surface area (Å²) >= 11 is 1.84. The molecular weight excluding hydrogens is 344 g/mol. The van der Waals surface area contributed by atoms with Crippen molar-refractivity contribution in [3.05, 3.63) is 10.6 Å². The Hall–Kier alpha value is -1.14. The van der Waals surface area contributed by atoms with E-state index < -0.39 is 0 Å². The quantitative estimate of drug-likeness (QED) is 0.884. The van der Waals surface area contributed by atoms with Gasteiger partial charge in [0.05, 0.1) is 12.2 Å². The minimum Gasteiger partial charge on any atom is -0.340 e. The zero-order chi connectivity index (χ0) is 17.9. The van der Waals surface area contributed by atoms with E-state index in [0.717, 1.165) is 39.0 Å². The molecule has 0 aromatic carbocycles. The first-order valence-corrected chi connectivity index (χ1v) is 11.1. The number of fused-ring (bicyclic) bond motifs is 3. The summed E-state index contributed by atoms with van der Waals surface area (Å²) in [5, 5.41) is 4.75. The molecule has 1 aliphatic carbocycles. The van der Waals surface area contributed by atoms with Crippen molar-refractivity contribution in [1.82, 2.24) is 15.2 Å². The largest absolute Gasteiger partial charge is 0.340 e. The Balaban J connectivity index is 1.25. The van der Waals surface area contributed by atoms with Crippen LogP contribution in [0.3, 0.4) is 0 Å². The lowest BCUT2D eigenvalue weighted by molar-refractivity contribution is -0.134. The van der Waals surface area contributed by atoms with Crippen molar-refractivity contribution in [2.45, 2.75) is 71.0 Å². The van der Waals surface area contributed by atoms with Gasteiger partial charge in [0, 0.05) is 49.4 Å². The van der Waals surface area contributed by atoms with Gasteiger partial charge in [0.1, 0.15) is 0 Å². The smallest absolute Gasteiger partial charge is 0.223 e. The summed E-state index contributed by atoms with van der Waals surface area (Å²) in [7, 11) is 0. The predicted molar refractivity (Wildman–Crippen MR) is 105 cm³/mol. The van der Waals surface area contributed by atoms with Gasteiger partial charge in [-0.2, -0.15) is 0 Å². The standard InChI is InChI=1S/C20H30N4OS/c1-20(2)8-13(9-20)7-18(25)23-6-5-16-17(12-23)26-19(22-16)24-14-3-4-15(24)11-21-10-14/h13-15,21H,3-12H2,1-2H3. The first-order chi connectivity index (χ1) is 12.5. The maximum atomic E-state index is 12.7. The molecule has 5 nitrogen and oxygen atoms in total. The fraction of sp³-hybridized carbons (Fsp3) is 0.800. The number of carbonyl (C=O) groups is 1. The summed E-state index contributed by atoms with van der Waals surface area (Å²) < 4.78 is 0. The van der Waals surface area contributed by atoms with Crippen LogP contribution in [0.25, 0.3) is 0 Å². The van der Waals surface area contributed by atoms with Crippen molar-refractivity contribution in [2.75, 3.05) is 24.5 Å². The van der Waals surface area contributed by atoms with E-state index >= 15 is 0 Å². The molecule has 3 aliphatic heterocycles. The molecule has 1 amide bonds. The van der Waals surface area contributed by atoms with Crippen LogP contribution in [0.2, 0.25) is 0 Å². The lowest BCUT2D eigenvalue weighted by Crippen LogP contribution is -2.51. The fourth-order valence-corrected chi connectivity index (χ4v) is 6.89. The van der Waals surface area contributed by atoms with Gasteiger partial charge in [-0.15, -0.1) is 0 Å². The highest BCUT2D eigenvalue weighted by Gasteiger charge is 2.40. The zero-order valence-electron chi connectivity index (χ0n) is 16.0. The number of nitrogens with one attached hydrogen (secondary N) is 1. The highest BCUT2D eigenvalue weighted by molar-refractivity contribution is 7.15. The molecule has 4 aliphatic rings. The number of amides is 1. The van der Waals surface area contributed by atoms with Crippen LogP contribution in [0.1, 0.15) is 56.5 Å². The second kappa shape index (κ2) is 6.20. The van der Waals surface area contributed by atoms with E-state index in [-0.39, 0.29) is 0 Å². The second-order valence-electron chi connectivity index (χ2n) is 9.52. The summed E-state index contributed by atoms with van der Waals surface area (Å²) in [5.74, 6) is 0.959.